The third-order valence-electron chi connectivity index (χ3n) is 2.82. The zero-order chi connectivity index (χ0) is 14.6. The molecule has 1 aromatic rings. The van der Waals surface area contributed by atoms with Crippen LogP contribution in [0.3, 0.4) is 0 Å². The summed E-state index contributed by atoms with van der Waals surface area (Å²) in [6.45, 7) is 3.98. The Morgan fingerprint density at radius 3 is 2.42 bits per heavy atom. The summed E-state index contributed by atoms with van der Waals surface area (Å²) in [5, 5.41) is 6.76. The summed E-state index contributed by atoms with van der Waals surface area (Å²) in [5.74, 6) is -0.120. The van der Waals surface area contributed by atoms with Crippen LogP contribution in [-0.2, 0) is 33.2 Å². The van der Waals surface area contributed by atoms with Crippen molar-refractivity contribution < 1.29 is 13.2 Å². The summed E-state index contributed by atoms with van der Waals surface area (Å²) >= 11 is 0. The predicted octanol–water partition coefficient (Wildman–Crippen LogP) is 1.07. The molecule has 6 nitrogen and oxygen atoms in total. The zero-order valence-electron chi connectivity index (χ0n) is 11.2. The molecule has 1 N–H and O–H groups in total. The first-order chi connectivity index (χ1) is 8.85. The molecule has 108 valence electrons. The topological polar surface area (TPSA) is 81.1 Å². The summed E-state index contributed by atoms with van der Waals surface area (Å²) in [5.41, 5.74) is 1.000. The predicted molar refractivity (Wildman–Crippen MR) is 72.7 cm³/mol. The van der Waals surface area contributed by atoms with E-state index >= 15 is 0 Å². The molecule has 0 aliphatic heterocycles. The maximum atomic E-state index is 11.6. The number of nitrogens with zero attached hydrogens (tertiary/aromatic N) is 2. The second kappa shape index (κ2) is 6.38. The Kier molecular flexibility index (Phi) is 5.37. The van der Waals surface area contributed by atoms with Gasteiger partial charge < -0.3 is 5.32 Å². The van der Waals surface area contributed by atoms with Crippen LogP contribution >= 0.6 is 10.7 Å². The summed E-state index contributed by atoms with van der Waals surface area (Å²) in [7, 11) is 3.20. The summed E-state index contributed by atoms with van der Waals surface area (Å²) < 4.78 is 24.8. The van der Waals surface area contributed by atoms with Crippen molar-refractivity contribution in [1.82, 2.24) is 15.1 Å². The number of nitrogens with one attached hydrogen (secondary N) is 1. The number of amides is 1. The van der Waals surface area contributed by atoms with Gasteiger partial charge in [-0.2, -0.15) is 5.10 Å². The molecule has 0 aromatic carbocycles. The molecule has 0 aliphatic carbocycles. The molecule has 0 atom stereocenters. The number of carbonyl (C=O) groups excluding carboxylic acids is 1. The van der Waals surface area contributed by atoms with E-state index in [1.807, 2.05) is 13.8 Å². The largest absolute Gasteiger partial charge is 0.359 e. The van der Waals surface area contributed by atoms with Crippen LogP contribution in [0, 0.1) is 0 Å². The van der Waals surface area contributed by atoms with Gasteiger partial charge >= 0.3 is 0 Å². The van der Waals surface area contributed by atoms with Crippen LogP contribution in [0.5, 0.6) is 0 Å². The lowest BCUT2D eigenvalue weighted by molar-refractivity contribution is -0.120. The van der Waals surface area contributed by atoms with E-state index in [4.69, 9.17) is 10.7 Å². The van der Waals surface area contributed by atoms with Gasteiger partial charge in [-0.15, -0.1) is 0 Å². The molecule has 0 unspecified atom stereocenters. The van der Waals surface area contributed by atoms with Crippen LogP contribution in [0.4, 0.5) is 0 Å². The van der Waals surface area contributed by atoms with Crippen LogP contribution in [0.15, 0.2) is 4.90 Å². The second-order valence-corrected chi connectivity index (χ2v) is 6.52. The third-order valence-corrected chi connectivity index (χ3v) is 4.24. The number of aromatic nitrogens is 2. The number of carbonyl (C=O) groups is 1. The van der Waals surface area contributed by atoms with E-state index in [2.05, 4.69) is 10.4 Å². The average Bonchev–Trinajstić information content (AvgIpc) is 2.73. The van der Waals surface area contributed by atoms with E-state index in [9.17, 15) is 13.2 Å². The zero-order valence-corrected chi connectivity index (χ0v) is 12.8. The van der Waals surface area contributed by atoms with Gasteiger partial charge in [-0.05, 0) is 12.8 Å². The molecule has 0 saturated carbocycles. The minimum absolute atomic E-state index is 0.0936. The fourth-order valence-electron chi connectivity index (χ4n) is 1.91. The van der Waals surface area contributed by atoms with Crippen molar-refractivity contribution in [3.8, 4) is 0 Å². The number of halogens is 1. The van der Waals surface area contributed by atoms with E-state index in [0.29, 0.717) is 30.8 Å². The highest BCUT2D eigenvalue weighted by atomic mass is 35.7. The Morgan fingerprint density at radius 1 is 1.37 bits per heavy atom. The SMILES string of the molecule is CCc1nn(CCC(=O)NC)c(CC)c1S(=O)(=O)Cl. The first kappa shape index (κ1) is 16.0. The normalized spacial score (nSPS) is 11.6. The Hall–Kier alpha value is -1.08. The van der Waals surface area contributed by atoms with Crippen molar-refractivity contribution in [1.29, 1.82) is 0 Å². The fourth-order valence-corrected chi connectivity index (χ4v) is 3.44. The fraction of sp³-hybridized carbons (Fsp3) is 0.636. The average molecular weight is 308 g/mol. The molecular weight excluding hydrogens is 290 g/mol. The lowest BCUT2D eigenvalue weighted by atomic mass is 10.2. The smallest absolute Gasteiger partial charge is 0.264 e. The van der Waals surface area contributed by atoms with Gasteiger partial charge in [0.15, 0.2) is 0 Å². The highest BCUT2D eigenvalue weighted by Crippen LogP contribution is 2.25. The highest BCUT2D eigenvalue weighted by molar-refractivity contribution is 8.13. The van der Waals surface area contributed by atoms with Crippen LogP contribution in [0.1, 0.15) is 31.7 Å². The number of aryl methyl sites for hydroxylation is 2. The molecule has 0 fully saturated rings. The van der Waals surface area contributed by atoms with E-state index in [-0.39, 0.29) is 17.2 Å². The monoisotopic (exact) mass is 307 g/mol. The molecule has 0 radical (unpaired) electrons. The molecule has 8 heteroatoms. The lowest BCUT2D eigenvalue weighted by Crippen LogP contribution is -2.20. The minimum atomic E-state index is -3.82. The Morgan fingerprint density at radius 2 is 2.00 bits per heavy atom. The lowest BCUT2D eigenvalue weighted by Gasteiger charge is -2.06. The van der Waals surface area contributed by atoms with Crippen molar-refractivity contribution >= 4 is 25.6 Å². The molecule has 1 rings (SSSR count). The molecule has 1 heterocycles. The van der Waals surface area contributed by atoms with Crippen LogP contribution in [0.25, 0.3) is 0 Å². The molecule has 1 aromatic heterocycles. The van der Waals surface area contributed by atoms with E-state index in [1.165, 1.54) is 0 Å². The van der Waals surface area contributed by atoms with Gasteiger partial charge in [0.2, 0.25) is 5.91 Å². The van der Waals surface area contributed by atoms with Crippen LogP contribution in [-0.4, -0.2) is 31.2 Å². The van der Waals surface area contributed by atoms with E-state index in [0.717, 1.165) is 0 Å². The van der Waals surface area contributed by atoms with Crippen LogP contribution < -0.4 is 5.32 Å². The molecule has 1 amide bonds. The van der Waals surface area contributed by atoms with Crippen molar-refractivity contribution in [2.24, 2.45) is 0 Å². The van der Waals surface area contributed by atoms with Gasteiger partial charge in [0.05, 0.1) is 17.9 Å². The standard InChI is InChI=1S/C11H18ClN3O3S/c1-4-8-11(19(12,17)18)9(5-2)15(14-8)7-6-10(16)13-3/h4-7H2,1-3H3,(H,13,16). The Balaban J connectivity index is 3.20. The summed E-state index contributed by atoms with van der Waals surface area (Å²) in [4.78, 5) is 11.3. The third kappa shape index (κ3) is 3.70. The molecule has 0 saturated heterocycles. The van der Waals surface area contributed by atoms with Crippen molar-refractivity contribution in [3.05, 3.63) is 11.4 Å². The quantitative estimate of drug-likeness (QED) is 0.797. The first-order valence-electron chi connectivity index (χ1n) is 6.08. The van der Waals surface area contributed by atoms with Gasteiger partial charge in [0.25, 0.3) is 9.05 Å². The van der Waals surface area contributed by atoms with Crippen LogP contribution in [0.2, 0.25) is 0 Å². The van der Waals surface area contributed by atoms with Gasteiger partial charge in [-0.3, -0.25) is 9.48 Å². The van der Waals surface area contributed by atoms with Crippen molar-refractivity contribution in [3.63, 3.8) is 0 Å². The molecule has 0 bridgehead atoms. The molecule has 19 heavy (non-hydrogen) atoms. The minimum Gasteiger partial charge on any atom is -0.359 e. The number of hydrogen-bond acceptors (Lipinski definition) is 4. The van der Waals surface area contributed by atoms with Gasteiger partial charge in [0.1, 0.15) is 4.90 Å². The van der Waals surface area contributed by atoms with E-state index < -0.39 is 9.05 Å². The van der Waals surface area contributed by atoms with Gasteiger partial charge in [-0.1, -0.05) is 13.8 Å². The van der Waals surface area contributed by atoms with Crippen molar-refractivity contribution in [2.75, 3.05) is 7.05 Å². The summed E-state index contributed by atoms with van der Waals surface area (Å²) in [6, 6.07) is 0. The number of hydrogen-bond donors (Lipinski definition) is 1. The van der Waals surface area contributed by atoms with Gasteiger partial charge in [-0.25, -0.2) is 8.42 Å². The first-order valence-corrected chi connectivity index (χ1v) is 8.39. The highest BCUT2D eigenvalue weighted by Gasteiger charge is 2.25. The maximum Gasteiger partial charge on any atom is 0.264 e. The second-order valence-electron chi connectivity index (χ2n) is 4.01. The summed E-state index contributed by atoms with van der Waals surface area (Å²) in [6.07, 6.45) is 1.21. The molecular formula is C11H18ClN3O3S. The molecule has 0 spiro atoms. The number of rotatable bonds is 6. The molecule has 0 aliphatic rings. The van der Waals surface area contributed by atoms with Crippen molar-refractivity contribution in [2.45, 2.75) is 44.6 Å². The Bertz CT molecular complexity index is 566. The Labute approximate surface area is 117 Å². The van der Waals surface area contributed by atoms with E-state index in [1.54, 1.807) is 11.7 Å². The van der Waals surface area contributed by atoms with Gasteiger partial charge in [0, 0.05) is 24.2 Å². The maximum absolute atomic E-state index is 11.6.